The number of nitrogens with zero attached hydrogens (tertiary/aromatic N) is 1. The Labute approximate surface area is 150 Å². The van der Waals surface area contributed by atoms with E-state index < -0.39 is 5.97 Å². The Morgan fingerprint density at radius 3 is 2.62 bits per heavy atom. The molecule has 1 aliphatic rings. The number of amides is 1. The molecule has 0 bridgehead atoms. The van der Waals surface area contributed by atoms with Crippen molar-refractivity contribution in [2.24, 2.45) is 0 Å². The number of benzene rings is 2. The Morgan fingerprint density at radius 2 is 1.88 bits per heavy atom. The topological polar surface area (TPSA) is 79.3 Å². The second-order valence-electron chi connectivity index (χ2n) is 6.71. The lowest BCUT2D eigenvalue weighted by atomic mass is 9.96. The summed E-state index contributed by atoms with van der Waals surface area (Å²) in [5.74, 6) is -1.08. The molecule has 3 aromatic rings. The van der Waals surface area contributed by atoms with Gasteiger partial charge < -0.3 is 10.4 Å². The van der Waals surface area contributed by atoms with Crippen molar-refractivity contribution in [2.75, 3.05) is 0 Å². The molecule has 2 aromatic carbocycles. The van der Waals surface area contributed by atoms with E-state index in [4.69, 9.17) is 5.11 Å². The van der Waals surface area contributed by atoms with Gasteiger partial charge in [0.2, 0.25) is 0 Å². The highest BCUT2D eigenvalue weighted by molar-refractivity contribution is 5.97. The molecule has 26 heavy (non-hydrogen) atoms. The van der Waals surface area contributed by atoms with Crippen molar-refractivity contribution in [1.82, 2.24) is 10.3 Å². The van der Waals surface area contributed by atoms with E-state index in [-0.39, 0.29) is 11.6 Å². The predicted molar refractivity (Wildman–Crippen MR) is 99.4 cm³/mol. The van der Waals surface area contributed by atoms with Crippen LogP contribution in [-0.2, 0) is 0 Å². The van der Waals surface area contributed by atoms with E-state index >= 15 is 0 Å². The van der Waals surface area contributed by atoms with Gasteiger partial charge >= 0.3 is 5.97 Å². The molecule has 1 heterocycles. The van der Waals surface area contributed by atoms with E-state index in [0.717, 1.165) is 40.3 Å². The van der Waals surface area contributed by atoms with E-state index in [9.17, 15) is 9.59 Å². The van der Waals surface area contributed by atoms with Crippen molar-refractivity contribution in [3.8, 4) is 11.1 Å². The van der Waals surface area contributed by atoms with Crippen LogP contribution in [0.1, 0.15) is 39.3 Å². The summed E-state index contributed by atoms with van der Waals surface area (Å²) in [6.07, 6.45) is 3.68. The van der Waals surface area contributed by atoms with Gasteiger partial charge in [0.1, 0.15) is 5.69 Å². The molecule has 0 unspecified atom stereocenters. The Balaban J connectivity index is 1.72. The molecule has 0 spiro atoms. The first-order chi connectivity index (χ1) is 12.5. The Morgan fingerprint density at radius 1 is 1.08 bits per heavy atom. The maximum atomic E-state index is 12.3. The lowest BCUT2D eigenvalue weighted by molar-refractivity contribution is 0.0690. The van der Waals surface area contributed by atoms with Crippen LogP contribution >= 0.6 is 0 Å². The largest absolute Gasteiger partial charge is 0.477 e. The molecule has 5 heteroatoms. The number of carboxylic acids is 1. The second kappa shape index (κ2) is 6.26. The molecular formula is C21H18N2O3. The van der Waals surface area contributed by atoms with Crippen LogP contribution in [0.4, 0.5) is 0 Å². The summed E-state index contributed by atoms with van der Waals surface area (Å²) in [5, 5.41) is 13.8. The number of rotatable bonds is 4. The summed E-state index contributed by atoms with van der Waals surface area (Å²) < 4.78 is 0. The van der Waals surface area contributed by atoms with Crippen LogP contribution in [-0.4, -0.2) is 28.0 Å². The van der Waals surface area contributed by atoms with Gasteiger partial charge in [0.05, 0.1) is 0 Å². The van der Waals surface area contributed by atoms with E-state index in [1.54, 1.807) is 12.3 Å². The van der Waals surface area contributed by atoms with Crippen LogP contribution in [0.15, 0.2) is 48.7 Å². The summed E-state index contributed by atoms with van der Waals surface area (Å²) in [4.78, 5) is 27.4. The number of nitrogens with one attached hydrogen (secondary N) is 1. The Hall–Kier alpha value is -3.21. The smallest absolute Gasteiger partial charge is 0.354 e. The average molecular weight is 346 g/mol. The molecule has 1 aromatic heterocycles. The molecule has 130 valence electrons. The van der Waals surface area contributed by atoms with Crippen molar-refractivity contribution in [3.63, 3.8) is 0 Å². The fourth-order valence-corrected chi connectivity index (χ4v) is 3.00. The fraction of sp³-hybridized carbons (Fsp3) is 0.190. The van der Waals surface area contributed by atoms with Crippen LogP contribution in [0.25, 0.3) is 21.9 Å². The normalized spacial score (nSPS) is 13.6. The molecule has 0 radical (unpaired) electrons. The molecule has 1 aliphatic carbocycles. The molecule has 4 rings (SSSR count). The fourth-order valence-electron chi connectivity index (χ4n) is 3.00. The second-order valence-corrected chi connectivity index (χ2v) is 6.71. The quantitative estimate of drug-likeness (QED) is 0.753. The average Bonchev–Trinajstić information content (AvgIpc) is 3.45. The number of carbonyl (C=O) groups is 2. The molecule has 0 aliphatic heterocycles. The van der Waals surface area contributed by atoms with E-state index in [2.05, 4.69) is 10.3 Å². The highest BCUT2D eigenvalue weighted by atomic mass is 16.4. The van der Waals surface area contributed by atoms with Crippen LogP contribution in [0, 0.1) is 6.92 Å². The van der Waals surface area contributed by atoms with Gasteiger partial charge in [-0.25, -0.2) is 9.78 Å². The standard InChI is InChI=1S/C21H18N2O3/c1-12-2-3-15(20(24)23-17-6-7-17)9-18(12)14-5-4-13-10-19(21(25)26)22-11-16(13)8-14/h2-5,8-11,17H,6-7H2,1H3,(H,23,24)(H,25,26). The van der Waals surface area contributed by atoms with Crippen molar-refractivity contribution < 1.29 is 14.7 Å². The molecule has 0 atom stereocenters. The Bertz CT molecular complexity index is 1040. The number of aromatic nitrogens is 1. The lowest BCUT2D eigenvalue weighted by Crippen LogP contribution is -2.25. The van der Waals surface area contributed by atoms with E-state index in [1.165, 1.54) is 0 Å². The van der Waals surface area contributed by atoms with Gasteiger partial charge in [-0.2, -0.15) is 0 Å². The van der Waals surface area contributed by atoms with Crippen molar-refractivity contribution in [3.05, 3.63) is 65.5 Å². The SMILES string of the molecule is Cc1ccc(C(=O)NC2CC2)cc1-c1ccc2cc(C(=O)O)ncc2c1. The number of hydrogen-bond donors (Lipinski definition) is 2. The molecule has 0 saturated heterocycles. The molecule has 2 N–H and O–H groups in total. The van der Waals surface area contributed by atoms with Gasteiger partial charge in [-0.15, -0.1) is 0 Å². The molecule has 1 amide bonds. The maximum absolute atomic E-state index is 12.3. The number of hydrogen-bond acceptors (Lipinski definition) is 3. The number of fused-ring (bicyclic) bond motifs is 1. The van der Waals surface area contributed by atoms with E-state index in [0.29, 0.717) is 11.6 Å². The minimum Gasteiger partial charge on any atom is -0.477 e. The van der Waals surface area contributed by atoms with Crippen molar-refractivity contribution >= 4 is 22.6 Å². The summed E-state index contributed by atoms with van der Waals surface area (Å²) in [6.45, 7) is 2.01. The van der Waals surface area contributed by atoms with Gasteiger partial charge in [0.15, 0.2) is 0 Å². The van der Waals surface area contributed by atoms with Crippen LogP contribution in [0.5, 0.6) is 0 Å². The van der Waals surface area contributed by atoms with Gasteiger partial charge in [-0.3, -0.25) is 4.79 Å². The number of pyridine rings is 1. The summed E-state index contributed by atoms with van der Waals surface area (Å²) in [6, 6.07) is 13.4. The lowest BCUT2D eigenvalue weighted by Gasteiger charge is -2.11. The third kappa shape index (κ3) is 3.16. The third-order valence-electron chi connectivity index (χ3n) is 4.66. The van der Waals surface area contributed by atoms with Crippen LogP contribution in [0.2, 0.25) is 0 Å². The number of aryl methyl sites for hydroxylation is 1. The monoisotopic (exact) mass is 346 g/mol. The predicted octanol–water partition coefficient (Wildman–Crippen LogP) is 3.80. The number of carboxylic acid groups (broad SMARTS) is 1. The first-order valence-corrected chi connectivity index (χ1v) is 8.56. The molecule has 1 saturated carbocycles. The zero-order chi connectivity index (χ0) is 18.3. The highest BCUT2D eigenvalue weighted by Crippen LogP contribution is 2.28. The van der Waals surface area contributed by atoms with Crippen molar-refractivity contribution in [1.29, 1.82) is 0 Å². The molecule has 5 nitrogen and oxygen atoms in total. The first-order valence-electron chi connectivity index (χ1n) is 8.56. The van der Waals surface area contributed by atoms with Gasteiger partial charge in [0, 0.05) is 23.2 Å². The number of carbonyl (C=O) groups excluding carboxylic acids is 1. The molecule has 1 fully saturated rings. The summed E-state index contributed by atoms with van der Waals surface area (Å²) >= 11 is 0. The zero-order valence-corrected chi connectivity index (χ0v) is 14.3. The minimum absolute atomic E-state index is 0.0279. The van der Waals surface area contributed by atoms with Crippen LogP contribution < -0.4 is 5.32 Å². The zero-order valence-electron chi connectivity index (χ0n) is 14.3. The van der Waals surface area contributed by atoms with Crippen molar-refractivity contribution in [2.45, 2.75) is 25.8 Å². The van der Waals surface area contributed by atoms with Gasteiger partial charge in [-0.05, 0) is 66.1 Å². The number of aromatic carboxylic acids is 1. The summed E-state index contributed by atoms with van der Waals surface area (Å²) in [5.41, 5.74) is 3.71. The van der Waals surface area contributed by atoms with Gasteiger partial charge in [0.25, 0.3) is 5.91 Å². The molecular weight excluding hydrogens is 328 g/mol. The summed E-state index contributed by atoms with van der Waals surface area (Å²) in [7, 11) is 0. The minimum atomic E-state index is -1.04. The van der Waals surface area contributed by atoms with E-state index in [1.807, 2.05) is 43.3 Å². The van der Waals surface area contributed by atoms with Gasteiger partial charge in [-0.1, -0.05) is 18.2 Å². The maximum Gasteiger partial charge on any atom is 0.354 e. The Kier molecular flexibility index (Phi) is 3.92. The third-order valence-corrected chi connectivity index (χ3v) is 4.66. The highest BCUT2D eigenvalue weighted by Gasteiger charge is 2.24. The first kappa shape index (κ1) is 16.3. The van der Waals surface area contributed by atoms with Crippen LogP contribution in [0.3, 0.4) is 0 Å².